The fraction of sp³-hybridized carbons (Fsp3) is 0.280. The zero-order valence-corrected chi connectivity index (χ0v) is 19.2. The van der Waals surface area contributed by atoms with Crippen molar-refractivity contribution >= 4 is 23.7 Å². The van der Waals surface area contributed by atoms with Crippen molar-refractivity contribution in [2.75, 3.05) is 19.0 Å². The number of carbonyl (C=O) groups is 3. The van der Waals surface area contributed by atoms with Crippen LogP contribution in [0.1, 0.15) is 30.9 Å². The standard InChI is InChI=1S/C25H26N4O5/c1-25(2,23(31)32)28(3)22(30)14-29-13-16(12-26-29)27-24(33)34-15-21-19-10-6-4-8-17(19)18-9-5-7-11-20(18)21/h4-13,21H,14-15H2,1-3H3,(H,27,33)(H,31,32). The SMILES string of the molecule is CN(C(=O)Cn1cc(NC(=O)OCC2c3ccccc3-c3ccccc32)cn1)C(C)(C)C(=O)O. The molecule has 34 heavy (non-hydrogen) atoms. The van der Waals surface area contributed by atoms with Gasteiger partial charge in [0.05, 0.1) is 11.9 Å². The average molecular weight is 463 g/mol. The molecule has 9 nitrogen and oxygen atoms in total. The number of amides is 2. The second-order valence-corrected chi connectivity index (χ2v) is 8.69. The summed E-state index contributed by atoms with van der Waals surface area (Å²) in [5.74, 6) is -1.59. The Morgan fingerprint density at radius 3 is 2.26 bits per heavy atom. The van der Waals surface area contributed by atoms with Gasteiger partial charge in [0.25, 0.3) is 0 Å². The molecule has 0 bridgehead atoms. The van der Waals surface area contributed by atoms with E-state index in [1.54, 1.807) is 0 Å². The van der Waals surface area contributed by atoms with Gasteiger partial charge in [-0.1, -0.05) is 48.5 Å². The van der Waals surface area contributed by atoms with Gasteiger partial charge in [0.2, 0.25) is 5.91 Å². The van der Waals surface area contributed by atoms with E-state index in [-0.39, 0.29) is 19.1 Å². The summed E-state index contributed by atoms with van der Waals surface area (Å²) in [6, 6.07) is 16.2. The van der Waals surface area contributed by atoms with Gasteiger partial charge in [-0.15, -0.1) is 0 Å². The van der Waals surface area contributed by atoms with E-state index in [0.29, 0.717) is 5.69 Å². The Hall–Kier alpha value is -4.14. The Labute approximate surface area is 196 Å². The van der Waals surface area contributed by atoms with Crippen LogP contribution in [0.25, 0.3) is 11.1 Å². The van der Waals surface area contributed by atoms with Crippen molar-refractivity contribution in [1.82, 2.24) is 14.7 Å². The molecule has 0 fully saturated rings. The molecule has 176 valence electrons. The lowest BCUT2D eigenvalue weighted by molar-refractivity contribution is -0.155. The third kappa shape index (κ3) is 4.36. The van der Waals surface area contributed by atoms with Crippen LogP contribution in [0, 0.1) is 0 Å². The number of aromatic nitrogens is 2. The molecule has 1 aliphatic rings. The molecule has 1 aromatic heterocycles. The summed E-state index contributed by atoms with van der Waals surface area (Å²) in [5, 5.41) is 16.0. The van der Waals surface area contributed by atoms with E-state index in [0.717, 1.165) is 27.2 Å². The lowest BCUT2D eigenvalue weighted by atomic mass is 9.98. The van der Waals surface area contributed by atoms with Gasteiger partial charge in [0.1, 0.15) is 18.7 Å². The fourth-order valence-electron chi connectivity index (χ4n) is 3.97. The quantitative estimate of drug-likeness (QED) is 0.555. The van der Waals surface area contributed by atoms with E-state index in [9.17, 15) is 19.5 Å². The summed E-state index contributed by atoms with van der Waals surface area (Å²) in [6.07, 6.45) is 2.26. The highest BCUT2D eigenvalue weighted by atomic mass is 16.5. The lowest BCUT2D eigenvalue weighted by Gasteiger charge is -2.31. The van der Waals surface area contributed by atoms with E-state index in [2.05, 4.69) is 22.5 Å². The number of carbonyl (C=O) groups excluding carboxylic acids is 2. The van der Waals surface area contributed by atoms with Gasteiger partial charge in [-0.25, -0.2) is 9.59 Å². The second kappa shape index (κ2) is 9.01. The number of hydrogen-bond donors (Lipinski definition) is 2. The molecule has 9 heteroatoms. The molecular weight excluding hydrogens is 436 g/mol. The van der Waals surface area contributed by atoms with Gasteiger partial charge in [-0.05, 0) is 36.1 Å². The predicted molar refractivity (Wildman–Crippen MR) is 125 cm³/mol. The number of nitrogens with zero attached hydrogens (tertiary/aromatic N) is 3. The molecular formula is C25H26N4O5. The third-order valence-electron chi connectivity index (χ3n) is 6.26. The van der Waals surface area contributed by atoms with Crippen LogP contribution in [0.15, 0.2) is 60.9 Å². The maximum absolute atomic E-state index is 12.4. The number of ether oxygens (including phenoxy) is 1. The topological polar surface area (TPSA) is 114 Å². The Morgan fingerprint density at radius 1 is 1.09 bits per heavy atom. The van der Waals surface area contributed by atoms with Crippen molar-refractivity contribution in [3.8, 4) is 11.1 Å². The Bertz CT molecular complexity index is 1200. The highest BCUT2D eigenvalue weighted by Crippen LogP contribution is 2.44. The van der Waals surface area contributed by atoms with Crippen molar-refractivity contribution in [2.45, 2.75) is 31.8 Å². The number of fused-ring (bicyclic) bond motifs is 3. The first-order chi connectivity index (χ1) is 16.2. The molecule has 2 amide bonds. The molecule has 1 heterocycles. The Morgan fingerprint density at radius 2 is 1.68 bits per heavy atom. The Balaban J connectivity index is 1.35. The average Bonchev–Trinajstić information content (AvgIpc) is 3.38. The minimum Gasteiger partial charge on any atom is -0.480 e. The summed E-state index contributed by atoms with van der Waals surface area (Å²) in [7, 11) is 1.43. The van der Waals surface area contributed by atoms with E-state index in [4.69, 9.17) is 4.74 Å². The van der Waals surface area contributed by atoms with Crippen LogP contribution in [-0.2, 0) is 20.9 Å². The van der Waals surface area contributed by atoms with Crippen LogP contribution >= 0.6 is 0 Å². The normalized spacial score (nSPS) is 12.6. The van der Waals surface area contributed by atoms with E-state index >= 15 is 0 Å². The molecule has 2 aromatic carbocycles. The maximum atomic E-state index is 12.4. The number of benzene rings is 2. The second-order valence-electron chi connectivity index (χ2n) is 8.69. The van der Waals surface area contributed by atoms with E-state index < -0.39 is 23.5 Å². The fourth-order valence-corrected chi connectivity index (χ4v) is 3.97. The first-order valence-corrected chi connectivity index (χ1v) is 10.8. The van der Waals surface area contributed by atoms with Crippen LogP contribution in [0.3, 0.4) is 0 Å². The zero-order chi connectivity index (χ0) is 24.5. The molecule has 0 saturated carbocycles. The summed E-state index contributed by atoms with van der Waals surface area (Å²) < 4.78 is 6.84. The smallest absolute Gasteiger partial charge is 0.411 e. The van der Waals surface area contributed by atoms with Gasteiger partial charge >= 0.3 is 12.1 Å². The van der Waals surface area contributed by atoms with Gasteiger partial charge < -0.3 is 14.7 Å². The molecule has 2 N–H and O–H groups in total. The number of nitrogens with one attached hydrogen (secondary N) is 1. The van der Waals surface area contributed by atoms with Crippen molar-refractivity contribution in [3.63, 3.8) is 0 Å². The third-order valence-corrected chi connectivity index (χ3v) is 6.26. The molecule has 1 aliphatic carbocycles. The maximum Gasteiger partial charge on any atom is 0.411 e. The van der Waals surface area contributed by atoms with Crippen molar-refractivity contribution < 1.29 is 24.2 Å². The number of anilines is 1. The number of rotatable bonds is 7. The van der Waals surface area contributed by atoms with Crippen molar-refractivity contribution in [2.24, 2.45) is 0 Å². The first kappa shape index (κ1) is 23.0. The zero-order valence-electron chi connectivity index (χ0n) is 19.2. The number of carboxylic acid groups (broad SMARTS) is 1. The minimum atomic E-state index is -1.35. The molecule has 0 radical (unpaired) electrons. The molecule has 0 unspecified atom stereocenters. The molecule has 0 saturated heterocycles. The summed E-state index contributed by atoms with van der Waals surface area (Å²) in [6.45, 7) is 2.90. The van der Waals surface area contributed by atoms with Gasteiger partial charge in [-0.2, -0.15) is 5.10 Å². The highest BCUT2D eigenvalue weighted by molar-refractivity contribution is 5.87. The van der Waals surface area contributed by atoms with Crippen LogP contribution in [-0.4, -0.2) is 57.0 Å². The molecule has 0 aliphatic heterocycles. The van der Waals surface area contributed by atoms with Crippen LogP contribution in [0.5, 0.6) is 0 Å². The predicted octanol–water partition coefficient (Wildman–Crippen LogP) is 3.57. The van der Waals surface area contributed by atoms with Crippen molar-refractivity contribution in [3.05, 3.63) is 72.1 Å². The summed E-state index contributed by atoms with van der Waals surface area (Å²) in [4.78, 5) is 37.4. The summed E-state index contributed by atoms with van der Waals surface area (Å²) in [5.41, 5.74) is 3.55. The van der Waals surface area contributed by atoms with Crippen LogP contribution in [0.4, 0.5) is 10.5 Å². The van der Waals surface area contributed by atoms with Gasteiger partial charge in [0.15, 0.2) is 0 Å². The number of carboxylic acids is 1. The van der Waals surface area contributed by atoms with E-state index in [1.807, 2.05) is 36.4 Å². The molecule has 0 spiro atoms. The largest absolute Gasteiger partial charge is 0.480 e. The summed E-state index contributed by atoms with van der Waals surface area (Å²) >= 11 is 0. The highest BCUT2D eigenvalue weighted by Gasteiger charge is 2.35. The number of likely N-dealkylation sites (N-methyl/N-ethyl adjacent to an activating group) is 1. The van der Waals surface area contributed by atoms with Crippen molar-refractivity contribution in [1.29, 1.82) is 0 Å². The van der Waals surface area contributed by atoms with Crippen LogP contribution in [0.2, 0.25) is 0 Å². The molecule has 3 aromatic rings. The van der Waals surface area contributed by atoms with E-state index in [1.165, 1.54) is 38.0 Å². The number of hydrogen-bond acceptors (Lipinski definition) is 5. The van der Waals surface area contributed by atoms with Gasteiger partial charge in [0, 0.05) is 19.2 Å². The molecule has 0 atom stereocenters. The van der Waals surface area contributed by atoms with Crippen LogP contribution < -0.4 is 5.32 Å². The lowest BCUT2D eigenvalue weighted by Crippen LogP contribution is -2.51. The Kier molecular flexibility index (Phi) is 6.10. The molecule has 4 rings (SSSR count). The number of aliphatic carboxylic acids is 1. The van der Waals surface area contributed by atoms with Gasteiger partial charge in [-0.3, -0.25) is 14.8 Å². The monoisotopic (exact) mass is 462 g/mol. The minimum absolute atomic E-state index is 0.0494. The first-order valence-electron chi connectivity index (χ1n) is 10.8.